The van der Waals surface area contributed by atoms with Crippen LogP contribution in [0.2, 0.25) is 0 Å². The van der Waals surface area contributed by atoms with Crippen LogP contribution in [0, 0.1) is 0 Å². The van der Waals surface area contributed by atoms with Crippen molar-refractivity contribution < 1.29 is 0 Å². The number of hydrogen-bond acceptors (Lipinski definition) is 2. The molecule has 0 amide bonds. The normalized spacial score (nSPS) is 24.1. The molecular formula is C14H17N3. The zero-order chi connectivity index (χ0) is 11.7. The van der Waals surface area contributed by atoms with Gasteiger partial charge in [0.15, 0.2) is 0 Å². The zero-order valence-electron chi connectivity index (χ0n) is 9.79. The molecule has 1 aromatic heterocycles. The second-order valence-corrected chi connectivity index (χ2v) is 4.70. The number of benzene rings is 1. The first-order valence-electron chi connectivity index (χ1n) is 6.21. The first kappa shape index (κ1) is 10.5. The molecule has 2 N–H and O–H groups in total. The van der Waals surface area contributed by atoms with Crippen LogP contribution in [-0.4, -0.2) is 15.8 Å². The van der Waals surface area contributed by atoms with Crippen LogP contribution in [0.15, 0.2) is 42.6 Å². The molecule has 3 rings (SSSR count). The van der Waals surface area contributed by atoms with Gasteiger partial charge >= 0.3 is 0 Å². The van der Waals surface area contributed by atoms with Crippen LogP contribution in [0.25, 0.3) is 5.69 Å². The number of nitrogens with zero attached hydrogens (tertiary/aromatic N) is 2. The van der Waals surface area contributed by atoms with Crippen molar-refractivity contribution in [1.82, 2.24) is 9.78 Å². The second kappa shape index (κ2) is 4.34. The molecule has 0 bridgehead atoms. The summed E-state index contributed by atoms with van der Waals surface area (Å²) in [4.78, 5) is 0. The molecular weight excluding hydrogens is 210 g/mol. The maximum atomic E-state index is 6.18. The highest BCUT2D eigenvalue weighted by atomic mass is 15.3. The van der Waals surface area contributed by atoms with Gasteiger partial charge < -0.3 is 5.73 Å². The third-order valence-electron chi connectivity index (χ3n) is 3.62. The van der Waals surface area contributed by atoms with E-state index in [1.165, 1.54) is 18.5 Å². The van der Waals surface area contributed by atoms with Crippen LogP contribution < -0.4 is 5.73 Å². The fourth-order valence-electron chi connectivity index (χ4n) is 2.74. The van der Waals surface area contributed by atoms with Crippen LogP contribution in [0.1, 0.15) is 30.9 Å². The maximum Gasteiger partial charge on any atom is 0.0648 e. The van der Waals surface area contributed by atoms with E-state index in [1.807, 2.05) is 29.1 Å². The summed E-state index contributed by atoms with van der Waals surface area (Å²) in [6.07, 6.45) is 5.41. The van der Waals surface area contributed by atoms with Gasteiger partial charge in [0.1, 0.15) is 0 Å². The molecule has 1 heterocycles. The number of nitrogens with two attached hydrogens (primary N) is 1. The van der Waals surface area contributed by atoms with Crippen molar-refractivity contribution in [2.45, 2.75) is 31.2 Å². The van der Waals surface area contributed by atoms with E-state index in [-0.39, 0.29) is 6.04 Å². The first-order valence-corrected chi connectivity index (χ1v) is 6.21. The summed E-state index contributed by atoms with van der Waals surface area (Å²) >= 11 is 0. The van der Waals surface area contributed by atoms with Gasteiger partial charge in [-0.25, -0.2) is 4.68 Å². The van der Waals surface area contributed by atoms with Crippen molar-refractivity contribution in [2.75, 3.05) is 0 Å². The molecule has 2 aromatic rings. The standard InChI is InChI=1S/C14H17N3/c15-13-8-4-7-12(13)14-9-10-16-17(14)11-5-2-1-3-6-11/h1-3,5-6,9-10,12-13H,4,7-8,15H2. The number of para-hydroxylation sites is 1. The van der Waals surface area contributed by atoms with Gasteiger partial charge in [-0.2, -0.15) is 5.10 Å². The quantitative estimate of drug-likeness (QED) is 0.856. The highest BCUT2D eigenvalue weighted by Gasteiger charge is 2.28. The number of hydrogen-bond donors (Lipinski definition) is 1. The third kappa shape index (κ3) is 1.87. The Morgan fingerprint density at radius 1 is 1.12 bits per heavy atom. The Morgan fingerprint density at radius 2 is 1.94 bits per heavy atom. The number of aromatic nitrogens is 2. The Balaban J connectivity index is 2.00. The SMILES string of the molecule is NC1CCCC1c1ccnn1-c1ccccc1. The van der Waals surface area contributed by atoms with Crippen molar-refractivity contribution >= 4 is 0 Å². The van der Waals surface area contributed by atoms with Gasteiger partial charge in [0.25, 0.3) is 0 Å². The summed E-state index contributed by atoms with van der Waals surface area (Å²) in [6.45, 7) is 0. The predicted octanol–water partition coefficient (Wildman–Crippen LogP) is 2.47. The van der Waals surface area contributed by atoms with Gasteiger partial charge in [0, 0.05) is 23.9 Å². The Morgan fingerprint density at radius 3 is 2.65 bits per heavy atom. The van der Waals surface area contributed by atoms with Gasteiger partial charge in [0.2, 0.25) is 0 Å². The zero-order valence-corrected chi connectivity index (χ0v) is 9.79. The van der Waals surface area contributed by atoms with E-state index in [0.717, 1.165) is 12.1 Å². The minimum absolute atomic E-state index is 0.286. The Kier molecular flexibility index (Phi) is 2.69. The summed E-state index contributed by atoms with van der Waals surface area (Å²) in [7, 11) is 0. The molecule has 1 fully saturated rings. The highest BCUT2D eigenvalue weighted by Crippen LogP contribution is 2.33. The van der Waals surface area contributed by atoms with Crippen molar-refractivity contribution in [3.05, 3.63) is 48.3 Å². The fourth-order valence-corrected chi connectivity index (χ4v) is 2.74. The fraction of sp³-hybridized carbons (Fsp3) is 0.357. The lowest BCUT2D eigenvalue weighted by molar-refractivity contribution is 0.578. The molecule has 2 atom stereocenters. The van der Waals surface area contributed by atoms with Crippen molar-refractivity contribution in [1.29, 1.82) is 0 Å². The molecule has 1 aliphatic carbocycles. The van der Waals surface area contributed by atoms with E-state index in [2.05, 4.69) is 23.3 Å². The average Bonchev–Trinajstić information content (AvgIpc) is 2.98. The minimum atomic E-state index is 0.286. The third-order valence-corrected chi connectivity index (χ3v) is 3.62. The molecule has 0 aliphatic heterocycles. The van der Waals surface area contributed by atoms with Crippen molar-refractivity contribution in [3.8, 4) is 5.69 Å². The van der Waals surface area contributed by atoms with Crippen LogP contribution in [-0.2, 0) is 0 Å². The molecule has 1 aliphatic rings. The van der Waals surface area contributed by atoms with E-state index in [9.17, 15) is 0 Å². The Bertz CT molecular complexity index is 489. The smallest absolute Gasteiger partial charge is 0.0648 e. The lowest BCUT2D eigenvalue weighted by atomic mass is 10.00. The lowest BCUT2D eigenvalue weighted by Gasteiger charge is -2.17. The lowest BCUT2D eigenvalue weighted by Crippen LogP contribution is -2.24. The predicted molar refractivity (Wildman–Crippen MR) is 68.1 cm³/mol. The first-order chi connectivity index (χ1) is 8.36. The molecule has 0 spiro atoms. The van der Waals surface area contributed by atoms with Gasteiger partial charge in [-0.1, -0.05) is 24.6 Å². The van der Waals surface area contributed by atoms with E-state index in [1.54, 1.807) is 0 Å². The van der Waals surface area contributed by atoms with E-state index < -0.39 is 0 Å². The largest absolute Gasteiger partial charge is 0.327 e. The van der Waals surface area contributed by atoms with Crippen LogP contribution >= 0.6 is 0 Å². The van der Waals surface area contributed by atoms with Crippen LogP contribution in [0.5, 0.6) is 0 Å². The summed E-state index contributed by atoms with van der Waals surface area (Å²) in [6, 6.07) is 12.6. The topological polar surface area (TPSA) is 43.8 Å². The highest BCUT2D eigenvalue weighted by molar-refractivity contribution is 5.33. The monoisotopic (exact) mass is 227 g/mol. The number of rotatable bonds is 2. The van der Waals surface area contributed by atoms with E-state index in [0.29, 0.717) is 5.92 Å². The molecule has 88 valence electrons. The maximum absolute atomic E-state index is 6.18. The molecule has 1 saturated carbocycles. The molecule has 0 saturated heterocycles. The molecule has 1 aromatic carbocycles. The molecule has 17 heavy (non-hydrogen) atoms. The summed E-state index contributed by atoms with van der Waals surface area (Å²) in [5.74, 6) is 0.456. The van der Waals surface area contributed by atoms with E-state index in [4.69, 9.17) is 5.73 Å². The molecule has 3 heteroatoms. The molecule has 2 unspecified atom stereocenters. The minimum Gasteiger partial charge on any atom is -0.327 e. The molecule has 3 nitrogen and oxygen atoms in total. The average molecular weight is 227 g/mol. The summed E-state index contributed by atoms with van der Waals surface area (Å²) in [5, 5.41) is 4.43. The molecule has 0 radical (unpaired) electrons. The van der Waals surface area contributed by atoms with E-state index >= 15 is 0 Å². The Hall–Kier alpha value is -1.61. The summed E-state index contributed by atoms with van der Waals surface area (Å²) in [5.41, 5.74) is 8.54. The van der Waals surface area contributed by atoms with Gasteiger partial charge in [-0.3, -0.25) is 0 Å². The van der Waals surface area contributed by atoms with Gasteiger partial charge in [0.05, 0.1) is 5.69 Å². The van der Waals surface area contributed by atoms with Gasteiger partial charge in [-0.15, -0.1) is 0 Å². The Labute approximate surface area is 101 Å². The van der Waals surface area contributed by atoms with Gasteiger partial charge in [-0.05, 0) is 31.0 Å². The van der Waals surface area contributed by atoms with Crippen molar-refractivity contribution in [2.24, 2.45) is 5.73 Å². The second-order valence-electron chi connectivity index (χ2n) is 4.70. The van der Waals surface area contributed by atoms with Crippen LogP contribution in [0.3, 0.4) is 0 Å². The van der Waals surface area contributed by atoms with Crippen LogP contribution in [0.4, 0.5) is 0 Å². The summed E-state index contributed by atoms with van der Waals surface area (Å²) < 4.78 is 2.02. The van der Waals surface area contributed by atoms with Crippen molar-refractivity contribution in [3.63, 3.8) is 0 Å².